The van der Waals surface area contributed by atoms with Crippen LogP contribution < -0.4 is 14.8 Å². The van der Waals surface area contributed by atoms with Crippen LogP contribution in [-0.4, -0.2) is 19.1 Å². The van der Waals surface area contributed by atoms with Crippen LogP contribution in [0.4, 0.5) is 0 Å². The molecular weight excluding hydrogens is 350 g/mol. The van der Waals surface area contributed by atoms with E-state index in [1.165, 1.54) is 0 Å². The van der Waals surface area contributed by atoms with Crippen molar-refractivity contribution in [2.24, 2.45) is 0 Å². The number of amides is 1. The zero-order valence-corrected chi connectivity index (χ0v) is 15.8. The summed E-state index contributed by atoms with van der Waals surface area (Å²) in [4.78, 5) is 13.1. The van der Waals surface area contributed by atoms with Crippen molar-refractivity contribution < 1.29 is 14.3 Å². The second-order valence-electron chi connectivity index (χ2n) is 6.76. The first-order chi connectivity index (χ1) is 13.8. The fraction of sp³-hybridized carbons (Fsp3) is 0.208. The Hall–Kier alpha value is -3.27. The molecule has 0 saturated carbocycles. The third kappa shape index (κ3) is 3.72. The maximum absolute atomic E-state index is 13.1. The summed E-state index contributed by atoms with van der Waals surface area (Å²) >= 11 is 0. The quantitative estimate of drug-likeness (QED) is 0.694. The van der Waals surface area contributed by atoms with Crippen LogP contribution >= 0.6 is 0 Å². The molecule has 0 saturated heterocycles. The second kappa shape index (κ2) is 8.17. The van der Waals surface area contributed by atoms with Crippen molar-refractivity contribution in [3.8, 4) is 11.5 Å². The molecule has 0 radical (unpaired) electrons. The van der Waals surface area contributed by atoms with Gasteiger partial charge < -0.3 is 14.8 Å². The summed E-state index contributed by atoms with van der Waals surface area (Å²) in [6.07, 6.45) is 0. The molecule has 28 heavy (non-hydrogen) atoms. The predicted octanol–water partition coefficient (Wildman–Crippen LogP) is 4.47. The van der Waals surface area contributed by atoms with Crippen molar-refractivity contribution in [2.45, 2.75) is 18.9 Å². The van der Waals surface area contributed by atoms with Crippen molar-refractivity contribution in [3.05, 3.63) is 95.6 Å². The van der Waals surface area contributed by atoms with E-state index in [1.807, 2.05) is 85.8 Å². The third-order valence-corrected chi connectivity index (χ3v) is 4.96. The standard InChI is InChI=1S/C24H23NO3/c1-2-27-19-14-12-18(13-15-19)23(17-8-4-3-5-9-17)25-24(26)21-16-28-22-11-7-6-10-20(21)22/h3-15,21,23H,2,16H2,1H3,(H,25,26). The normalized spacial score (nSPS) is 16.0. The molecule has 0 spiro atoms. The fourth-order valence-electron chi connectivity index (χ4n) is 3.55. The number of fused-ring (bicyclic) bond motifs is 1. The molecule has 0 fully saturated rings. The van der Waals surface area contributed by atoms with E-state index in [1.54, 1.807) is 0 Å². The molecule has 1 N–H and O–H groups in total. The van der Waals surface area contributed by atoms with Gasteiger partial charge in [0.25, 0.3) is 0 Å². The lowest BCUT2D eigenvalue weighted by molar-refractivity contribution is -0.123. The number of carbonyl (C=O) groups is 1. The Kier molecular flexibility index (Phi) is 5.29. The van der Waals surface area contributed by atoms with Gasteiger partial charge in [-0.15, -0.1) is 0 Å². The third-order valence-electron chi connectivity index (χ3n) is 4.96. The second-order valence-corrected chi connectivity index (χ2v) is 6.76. The minimum absolute atomic E-state index is 0.0345. The maximum atomic E-state index is 13.1. The number of hydrogen-bond donors (Lipinski definition) is 1. The Morgan fingerprint density at radius 3 is 2.43 bits per heavy atom. The number of rotatable bonds is 6. The van der Waals surface area contributed by atoms with E-state index in [0.717, 1.165) is 28.2 Å². The highest BCUT2D eigenvalue weighted by Gasteiger charge is 2.31. The van der Waals surface area contributed by atoms with E-state index in [-0.39, 0.29) is 17.9 Å². The smallest absolute Gasteiger partial charge is 0.231 e. The molecule has 3 aromatic carbocycles. The van der Waals surface area contributed by atoms with Crippen LogP contribution in [0.3, 0.4) is 0 Å². The monoisotopic (exact) mass is 373 g/mol. The lowest BCUT2D eigenvalue weighted by Crippen LogP contribution is -2.34. The van der Waals surface area contributed by atoms with Gasteiger partial charge in [0.05, 0.1) is 12.6 Å². The minimum atomic E-state index is -0.301. The summed E-state index contributed by atoms with van der Waals surface area (Å²) in [5.41, 5.74) is 2.99. The molecular formula is C24H23NO3. The van der Waals surface area contributed by atoms with Crippen LogP contribution in [0.2, 0.25) is 0 Å². The van der Waals surface area contributed by atoms with E-state index < -0.39 is 0 Å². The summed E-state index contributed by atoms with van der Waals surface area (Å²) in [7, 11) is 0. The molecule has 1 aliphatic rings. The summed E-state index contributed by atoms with van der Waals surface area (Å²) in [6.45, 7) is 2.96. The molecule has 142 valence electrons. The van der Waals surface area contributed by atoms with Crippen molar-refractivity contribution in [1.29, 1.82) is 0 Å². The van der Waals surface area contributed by atoms with Crippen LogP contribution in [0.25, 0.3) is 0 Å². The van der Waals surface area contributed by atoms with E-state index in [9.17, 15) is 4.79 Å². The van der Waals surface area contributed by atoms with Gasteiger partial charge in [-0.2, -0.15) is 0 Å². The van der Waals surface area contributed by atoms with Crippen LogP contribution in [-0.2, 0) is 4.79 Å². The summed E-state index contributed by atoms with van der Waals surface area (Å²) in [6, 6.07) is 25.4. The molecule has 0 aliphatic carbocycles. The first-order valence-electron chi connectivity index (χ1n) is 9.56. The van der Waals surface area contributed by atoms with Gasteiger partial charge in [-0.25, -0.2) is 0 Å². The summed E-state index contributed by atoms with van der Waals surface area (Å²) < 4.78 is 11.2. The number of hydrogen-bond acceptors (Lipinski definition) is 3. The van der Waals surface area contributed by atoms with Crippen molar-refractivity contribution in [3.63, 3.8) is 0 Å². The highest BCUT2D eigenvalue weighted by atomic mass is 16.5. The van der Waals surface area contributed by atoms with Crippen molar-refractivity contribution >= 4 is 5.91 Å². The van der Waals surface area contributed by atoms with Gasteiger partial charge in [0, 0.05) is 5.56 Å². The summed E-state index contributed by atoms with van der Waals surface area (Å²) in [5.74, 6) is 1.28. The molecule has 1 heterocycles. The number of benzene rings is 3. The van der Waals surface area contributed by atoms with Gasteiger partial charge in [-0.3, -0.25) is 4.79 Å². The van der Waals surface area contributed by atoms with Crippen molar-refractivity contribution in [2.75, 3.05) is 13.2 Å². The van der Waals surface area contributed by atoms with Crippen LogP contribution in [0.15, 0.2) is 78.9 Å². The Morgan fingerprint density at radius 2 is 1.68 bits per heavy atom. The number of carbonyl (C=O) groups excluding carboxylic acids is 1. The number of ether oxygens (including phenoxy) is 2. The molecule has 1 amide bonds. The molecule has 2 unspecified atom stereocenters. The SMILES string of the molecule is CCOc1ccc(C(NC(=O)C2COc3ccccc32)c2ccccc2)cc1. The largest absolute Gasteiger partial charge is 0.494 e. The van der Waals surface area contributed by atoms with Crippen LogP contribution in [0, 0.1) is 0 Å². The molecule has 4 heteroatoms. The number of nitrogens with one attached hydrogen (secondary N) is 1. The topological polar surface area (TPSA) is 47.6 Å². The summed E-state index contributed by atoms with van der Waals surface area (Å²) in [5, 5.41) is 3.22. The fourth-order valence-corrected chi connectivity index (χ4v) is 3.55. The van der Waals surface area contributed by atoms with E-state index in [0.29, 0.717) is 13.2 Å². The van der Waals surface area contributed by atoms with Gasteiger partial charge in [0.2, 0.25) is 5.91 Å². The van der Waals surface area contributed by atoms with Gasteiger partial charge in [0.15, 0.2) is 0 Å². The van der Waals surface area contributed by atoms with Crippen LogP contribution in [0.1, 0.15) is 35.6 Å². The highest BCUT2D eigenvalue weighted by Crippen LogP contribution is 2.34. The van der Waals surface area contributed by atoms with Gasteiger partial charge in [0.1, 0.15) is 24.0 Å². The average molecular weight is 373 g/mol. The molecule has 1 aliphatic heterocycles. The first-order valence-corrected chi connectivity index (χ1v) is 9.56. The lowest BCUT2D eigenvalue weighted by atomic mass is 9.96. The molecule has 0 bridgehead atoms. The van der Waals surface area contributed by atoms with Gasteiger partial charge in [-0.1, -0.05) is 60.7 Å². The Balaban J connectivity index is 1.60. The first kappa shape index (κ1) is 18.1. The Morgan fingerprint density at radius 1 is 1.00 bits per heavy atom. The van der Waals surface area contributed by atoms with Crippen molar-refractivity contribution in [1.82, 2.24) is 5.32 Å². The molecule has 0 aromatic heterocycles. The maximum Gasteiger partial charge on any atom is 0.231 e. The zero-order valence-electron chi connectivity index (χ0n) is 15.8. The Labute approximate surface area is 165 Å². The highest BCUT2D eigenvalue weighted by molar-refractivity contribution is 5.86. The average Bonchev–Trinajstić information content (AvgIpc) is 3.18. The van der Waals surface area contributed by atoms with E-state index in [2.05, 4.69) is 5.32 Å². The molecule has 4 nitrogen and oxygen atoms in total. The van der Waals surface area contributed by atoms with Gasteiger partial charge >= 0.3 is 0 Å². The lowest BCUT2D eigenvalue weighted by Gasteiger charge is -2.22. The van der Waals surface area contributed by atoms with Gasteiger partial charge in [-0.05, 0) is 36.2 Å². The predicted molar refractivity (Wildman–Crippen MR) is 109 cm³/mol. The van der Waals surface area contributed by atoms with E-state index >= 15 is 0 Å². The Bertz CT molecular complexity index is 938. The minimum Gasteiger partial charge on any atom is -0.494 e. The van der Waals surface area contributed by atoms with E-state index in [4.69, 9.17) is 9.47 Å². The molecule has 2 atom stereocenters. The molecule has 4 rings (SSSR count). The number of para-hydroxylation sites is 1. The zero-order chi connectivity index (χ0) is 19.3. The van der Waals surface area contributed by atoms with Crippen LogP contribution in [0.5, 0.6) is 11.5 Å². The molecule has 3 aromatic rings.